The second-order valence-corrected chi connectivity index (χ2v) is 7.83. The number of carbonyl (C=O) groups excluding carboxylic acids is 1. The fraction of sp³-hybridized carbons (Fsp3) is 0.688. The first-order valence-electron chi connectivity index (χ1n) is 8.19. The zero-order valence-electron chi connectivity index (χ0n) is 15.6. The number of amides is 1. The van der Waals surface area contributed by atoms with Crippen LogP contribution in [0.25, 0.3) is 0 Å². The Labute approximate surface area is 171 Å². The zero-order valence-corrected chi connectivity index (χ0v) is 18.8. The largest absolute Gasteiger partial charge is 0.368 e. The van der Waals surface area contributed by atoms with Gasteiger partial charge in [0.05, 0.1) is 22.8 Å². The molecule has 1 aliphatic rings. The number of hydrogen-bond donors (Lipinski definition) is 2. The summed E-state index contributed by atoms with van der Waals surface area (Å²) < 4.78 is 0. The van der Waals surface area contributed by atoms with E-state index in [9.17, 15) is 4.79 Å². The maximum Gasteiger partial charge on any atom is 0.237 e. The molecule has 9 heteroatoms. The maximum atomic E-state index is 11.6. The van der Waals surface area contributed by atoms with Crippen LogP contribution in [0.2, 0.25) is 0 Å². The van der Waals surface area contributed by atoms with Gasteiger partial charge in [-0.25, -0.2) is 4.98 Å². The highest BCUT2D eigenvalue weighted by atomic mass is 127. The summed E-state index contributed by atoms with van der Waals surface area (Å²) in [5.74, 6) is 0.603. The standard InChI is InChI=1S/C16H28N6OS.HI/c1-11-13(24-12(2)20-11)10-19-15(18-5)21-6-8-22(9-7-21)16(3,4)14(17)23;/h6-10H2,1-5H3,(H2,17,23)(H,18,19);1H. The number of aromatic nitrogens is 1. The fourth-order valence-electron chi connectivity index (χ4n) is 2.86. The third-order valence-corrected chi connectivity index (χ3v) is 5.66. The molecule has 0 atom stereocenters. The van der Waals surface area contributed by atoms with Crippen LogP contribution in [-0.2, 0) is 11.3 Å². The molecule has 1 aromatic rings. The van der Waals surface area contributed by atoms with Gasteiger partial charge in [0.25, 0.3) is 0 Å². The minimum Gasteiger partial charge on any atom is -0.368 e. The average Bonchev–Trinajstić information content (AvgIpc) is 2.86. The molecule has 1 amide bonds. The Hall–Kier alpha value is -0.940. The van der Waals surface area contributed by atoms with Crippen molar-refractivity contribution in [2.75, 3.05) is 33.2 Å². The smallest absolute Gasteiger partial charge is 0.237 e. The molecule has 142 valence electrons. The molecule has 1 aromatic heterocycles. The quantitative estimate of drug-likeness (QED) is 0.386. The van der Waals surface area contributed by atoms with Gasteiger partial charge in [0.15, 0.2) is 5.96 Å². The van der Waals surface area contributed by atoms with Gasteiger partial charge in [-0.1, -0.05) is 0 Å². The lowest BCUT2D eigenvalue weighted by Gasteiger charge is -2.43. The molecule has 0 spiro atoms. The van der Waals surface area contributed by atoms with Crippen LogP contribution in [-0.4, -0.2) is 65.4 Å². The van der Waals surface area contributed by atoms with Crippen molar-refractivity contribution in [3.63, 3.8) is 0 Å². The van der Waals surface area contributed by atoms with Crippen molar-refractivity contribution >= 4 is 47.2 Å². The van der Waals surface area contributed by atoms with E-state index in [4.69, 9.17) is 5.73 Å². The Morgan fingerprint density at radius 3 is 2.36 bits per heavy atom. The van der Waals surface area contributed by atoms with Gasteiger partial charge in [-0.05, 0) is 27.7 Å². The molecule has 3 N–H and O–H groups in total. The molecule has 0 radical (unpaired) electrons. The molecule has 0 bridgehead atoms. The Morgan fingerprint density at radius 2 is 1.92 bits per heavy atom. The number of thiazole rings is 1. The van der Waals surface area contributed by atoms with Crippen molar-refractivity contribution in [3.05, 3.63) is 15.6 Å². The first-order valence-corrected chi connectivity index (χ1v) is 9.00. The average molecular weight is 480 g/mol. The zero-order chi connectivity index (χ0) is 17.9. The lowest BCUT2D eigenvalue weighted by molar-refractivity contribution is -0.129. The molecule has 25 heavy (non-hydrogen) atoms. The van der Waals surface area contributed by atoms with Crippen molar-refractivity contribution in [2.24, 2.45) is 10.7 Å². The molecule has 1 saturated heterocycles. The third kappa shape index (κ3) is 5.27. The number of guanidine groups is 1. The number of aryl methyl sites for hydroxylation is 2. The Kier molecular flexibility index (Phi) is 8.07. The highest BCUT2D eigenvalue weighted by Gasteiger charge is 2.35. The molecule has 0 aromatic carbocycles. The van der Waals surface area contributed by atoms with Gasteiger partial charge < -0.3 is 16.0 Å². The Balaban J connectivity index is 0.00000312. The number of aliphatic imine (C=N–C) groups is 1. The number of rotatable bonds is 4. The summed E-state index contributed by atoms with van der Waals surface area (Å²) in [6.45, 7) is 11.8. The second-order valence-electron chi connectivity index (χ2n) is 6.54. The molecule has 7 nitrogen and oxygen atoms in total. The number of primary amides is 1. The van der Waals surface area contributed by atoms with Gasteiger partial charge in [0, 0.05) is 38.1 Å². The van der Waals surface area contributed by atoms with E-state index in [2.05, 4.69) is 25.1 Å². The molecule has 0 unspecified atom stereocenters. The summed E-state index contributed by atoms with van der Waals surface area (Å²) in [7, 11) is 1.80. The normalized spacial score (nSPS) is 16.5. The van der Waals surface area contributed by atoms with Crippen LogP contribution < -0.4 is 11.1 Å². The molecular formula is C16H29IN6OS. The van der Waals surface area contributed by atoms with E-state index in [-0.39, 0.29) is 29.9 Å². The Morgan fingerprint density at radius 1 is 1.32 bits per heavy atom. The topological polar surface area (TPSA) is 86.8 Å². The molecule has 2 heterocycles. The monoisotopic (exact) mass is 480 g/mol. The number of halogens is 1. The van der Waals surface area contributed by atoms with Gasteiger partial charge in [-0.2, -0.15) is 0 Å². The van der Waals surface area contributed by atoms with Crippen LogP contribution in [0.5, 0.6) is 0 Å². The number of nitrogens with two attached hydrogens (primary N) is 1. The summed E-state index contributed by atoms with van der Waals surface area (Å²) in [6.07, 6.45) is 0. The van der Waals surface area contributed by atoms with E-state index < -0.39 is 5.54 Å². The summed E-state index contributed by atoms with van der Waals surface area (Å²) in [5, 5.41) is 4.51. The molecule has 0 saturated carbocycles. The second kappa shape index (κ2) is 9.13. The Bertz CT molecular complexity index is 622. The van der Waals surface area contributed by atoms with Crippen molar-refractivity contribution in [2.45, 2.75) is 39.8 Å². The predicted octanol–water partition coefficient (Wildman–Crippen LogP) is 1.33. The van der Waals surface area contributed by atoms with Gasteiger partial charge in [-0.15, -0.1) is 35.3 Å². The highest BCUT2D eigenvalue weighted by molar-refractivity contribution is 14.0. The van der Waals surface area contributed by atoms with E-state index in [1.807, 2.05) is 27.7 Å². The molecular weight excluding hydrogens is 451 g/mol. The van der Waals surface area contributed by atoms with Gasteiger partial charge in [0.1, 0.15) is 0 Å². The van der Waals surface area contributed by atoms with Crippen molar-refractivity contribution in [1.29, 1.82) is 0 Å². The van der Waals surface area contributed by atoms with Crippen LogP contribution in [0.15, 0.2) is 4.99 Å². The first kappa shape index (κ1) is 22.1. The van der Waals surface area contributed by atoms with Crippen molar-refractivity contribution in [3.8, 4) is 0 Å². The minimum atomic E-state index is -0.611. The van der Waals surface area contributed by atoms with E-state index in [0.717, 1.165) is 49.4 Å². The molecule has 0 aliphatic carbocycles. The van der Waals surface area contributed by atoms with Crippen LogP contribution >= 0.6 is 35.3 Å². The van der Waals surface area contributed by atoms with Crippen LogP contribution in [0.4, 0.5) is 0 Å². The predicted molar refractivity (Wildman–Crippen MR) is 114 cm³/mol. The molecule has 1 aliphatic heterocycles. The van der Waals surface area contributed by atoms with E-state index in [0.29, 0.717) is 0 Å². The fourth-order valence-corrected chi connectivity index (χ4v) is 3.74. The van der Waals surface area contributed by atoms with Crippen LogP contribution in [0, 0.1) is 13.8 Å². The minimum absolute atomic E-state index is 0. The van der Waals surface area contributed by atoms with Gasteiger partial charge in [-0.3, -0.25) is 14.7 Å². The molecule has 2 rings (SSSR count). The van der Waals surface area contributed by atoms with Crippen LogP contribution in [0.3, 0.4) is 0 Å². The number of hydrogen-bond acceptors (Lipinski definition) is 5. The first-order chi connectivity index (χ1) is 11.3. The van der Waals surface area contributed by atoms with E-state index in [1.54, 1.807) is 18.4 Å². The van der Waals surface area contributed by atoms with Crippen molar-refractivity contribution < 1.29 is 4.79 Å². The summed E-state index contributed by atoms with van der Waals surface area (Å²) >= 11 is 1.71. The number of nitrogens with one attached hydrogen (secondary N) is 1. The lowest BCUT2D eigenvalue weighted by atomic mass is 10.0. The number of piperazine rings is 1. The van der Waals surface area contributed by atoms with E-state index >= 15 is 0 Å². The SMILES string of the molecule is CN=C(NCc1sc(C)nc1C)N1CCN(C(C)(C)C(N)=O)CC1.I. The highest BCUT2D eigenvalue weighted by Crippen LogP contribution is 2.18. The van der Waals surface area contributed by atoms with Crippen molar-refractivity contribution in [1.82, 2.24) is 20.1 Å². The summed E-state index contributed by atoms with van der Waals surface area (Å²) in [5.41, 5.74) is 5.98. The molecule has 1 fully saturated rings. The number of carbonyl (C=O) groups is 1. The van der Waals surface area contributed by atoms with Gasteiger partial charge >= 0.3 is 0 Å². The van der Waals surface area contributed by atoms with Gasteiger partial charge in [0.2, 0.25) is 5.91 Å². The third-order valence-electron chi connectivity index (χ3n) is 4.59. The van der Waals surface area contributed by atoms with Crippen LogP contribution in [0.1, 0.15) is 29.4 Å². The summed E-state index contributed by atoms with van der Waals surface area (Å²) in [6, 6.07) is 0. The van der Waals surface area contributed by atoms with E-state index in [1.165, 1.54) is 4.88 Å². The summed E-state index contributed by atoms with van der Waals surface area (Å²) in [4.78, 5) is 26.0. The maximum absolute atomic E-state index is 11.6. The lowest BCUT2D eigenvalue weighted by Crippen LogP contribution is -2.61. The number of nitrogens with zero attached hydrogens (tertiary/aromatic N) is 4.